The molecule has 0 atom stereocenters. The number of hydrogen-bond acceptors (Lipinski definition) is 2. The Bertz CT molecular complexity index is 312. The molecule has 0 aromatic carbocycles. The molecule has 0 unspecified atom stereocenters. The highest BCUT2D eigenvalue weighted by Gasteiger charge is 2.17. The maximum absolute atomic E-state index is 11.5. The van der Waals surface area contributed by atoms with E-state index in [1.165, 1.54) is 16.9 Å². The van der Waals surface area contributed by atoms with E-state index in [0.29, 0.717) is 5.78 Å². The molecule has 0 amide bonds. The summed E-state index contributed by atoms with van der Waals surface area (Å²) < 4.78 is 0. The van der Waals surface area contributed by atoms with Crippen molar-refractivity contribution in [3.63, 3.8) is 0 Å². The molecule has 0 saturated heterocycles. The van der Waals surface area contributed by atoms with Crippen molar-refractivity contribution >= 4 is 17.1 Å². The molecule has 0 spiro atoms. The number of ketones is 1. The Kier molecular flexibility index (Phi) is 4.33. The number of fused-ring (bicyclic) bond motifs is 1. The van der Waals surface area contributed by atoms with Crippen LogP contribution < -0.4 is 0 Å². The molecular weight excluding hydrogens is 192 g/mol. The van der Waals surface area contributed by atoms with Crippen LogP contribution in [0.25, 0.3) is 0 Å². The first-order chi connectivity index (χ1) is 6.77. The first-order valence-electron chi connectivity index (χ1n) is 5.40. The van der Waals surface area contributed by atoms with Gasteiger partial charge < -0.3 is 0 Å². The van der Waals surface area contributed by atoms with Crippen molar-refractivity contribution in [3.05, 3.63) is 21.4 Å². The molecule has 1 aromatic rings. The number of aryl methyl sites for hydroxylation is 2. The molecule has 2 heteroatoms. The van der Waals surface area contributed by atoms with E-state index < -0.39 is 0 Å². The van der Waals surface area contributed by atoms with Crippen LogP contribution in [-0.4, -0.2) is 5.78 Å². The first kappa shape index (κ1) is 11.4. The molecule has 1 aliphatic rings. The van der Waals surface area contributed by atoms with Crippen LogP contribution in [0.4, 0.5) is 0 Å². The quantitative estimate of drug-likeness (QED) is 0.592. The van der Waals surface area contributed by atoms with Gasteiger partial charge in [-0.2, -0.15) is 0 Å². The minimum atomic E-state index is 0.362. The van der Waals surface area contributed by atoms with Crippen molar-refractivity contribution < 1.29 is 4.79 Å². The summed E-state index contributed by atoms with van der Waals surface area (Å²) >= 11 is 1.66. The van der Waals surface area contributed by atoms with Crippen LogP contribution >= 0.6 is 11.3 Å². The number of Topliss-reactive ketones (excluding diaryl/α,β-unsaturated/α-hetero) is 1. The van der Waals surface area contributed by atoms with Gasteiger partial charge in [-0.05, 0) is 37.8 Å². The molecule has 1 aliphatic carbocycles. The first-order valence-corrected chi connectivity index (χ1v) is 6.21. The van der Waals surface area contributed by atoms with Crippen LogP contribution in [0.15, 0.2) is 6.07 Å². The summed E-state index contributed by atoms with van der Waals surface area (Å²) in [4.78, 5) is 13.8. The van der Waals surface area contributed by atoms with Crippen LogP contribution in [0.3, 0.4) is 0 Å². The summed E-state index contributed by atoms with van der Waals surface area (Å²) in [6.07, 6.45) is 4.10. The van der Waals surface area contributed by atoms with Gasteiger partial charge in [0.15, 0.2) is 5.78 Å². The maximum Gasteiger partial charge on any atom is 0.173 e. The van der Waals surface area contributed by atoms with E-state index in [2.05, 4.69) is 13.0 Å². The molecular formula is C12H18OS. The van der Waals surface area contributed by atoms with E-state index in [0.717, 1.165) is 24.1 Å². The summed E-state index contributed by atoms with van der Waals surface area (Å²) in [6, 6.07) is 2.17. The van der Waals surface area contributed by atoms with E-state index in [4.69, 9.17) is 0 Å². The molecule has 78 valence electrons. The lowest BCUT2D eigenvalue weighted by molar-refractivity contribution is 0.0986. The number of thiophene rings is 1. The standard InChI is InChI=1S/C10H12OS.C2H6/c1-7-6-8-4-2-3-5-9(11)10(8)12-7;1-2/h6H,2-5H2,1H3;1-2H3. The van der Waals surface area contributed by atoms with Gasteiger partial charge in [-0.1, -0.05) is 13.8 Å². The highest BCUT2D eigenvalue weighted by Crippen LogP contribution is 2.28. The van der Waals surface area contributed by atoms with Gasteiger partial charge >= 0.3 is 0 Å². The smallest absolute Gasteiger partial charge is 0.173 e. The maximum atomic E-state index is 11.5. The van der Waals surface area contributed by atoms with Gasteiger partial charge in [0.1, 0.15) is 0 Å². The van der Waals surface area contributed by atoms with Crippen molar-refractivity contribution in [3.8, 4) is 0 Å². The predicted molar refractivity (Wildman–Crippen MR) is 62.3 cm³/mol. The fourth-order valence-corrected chi connectivity index (χ4v) is 2.73. The van der Waals surface area contributed by atoms with E-state index in [1.807, 2.05) is 13.8 Å². The molecule has 1 aromatic heterocycles. The topological polar surface area (TPSA) is 17.1 Å². The number of carbonyl (C=O) groups excluding carboxylic acids is 1. The van der Waals surface area contributed by atoms with Crippen molar-refractivity contribution in [2.24, 2.45) is 0 Å². The van der Waals surface area contributed by atoms with Crippen molar-refractivity contribution in [2.75, 3.05) is 0 Å². The van der Waals surface area contributed by atoms with Crippen molar-refractivity contribution in [1.82, 2.24) is 0 Å². The average Bonchev–Trinajstić information content (AvgIpc) is 2.49. The van der Waals surface area contributed by atoms with Gasteiger partial charge in [0.05, 0.1) is 4.88 Å². The lowest BCUT2D eigenvalue weighted by Gasteiger charge is -1.92. The molecule has 14 heavy (non-hydrogen) atoms. The van der Waals surface area contributed by atoms with E-state index in [9.17, 15) is 4.79 Å². The molecule has 0 fully saturated rings. The Morgan fingerprint density at radius 1 is 1.21 bits per heavy atom. The molecule has 0 N–H and O–H groups in total. The summed E-state index contributed by atoms with van der Waals surface area (Å²) in [5.74, 6) is 0.362. The highest BCUT2D eigenvalue weighted by atomic mass is 32.1. The largest absolute Gasteiger partial charge is 0.293 e. The second-order valence-electron chi connectivity index (χ2n) is 3.34. The SMILES string of the molecule is CC.Cc1cc2c(s1)C(=O)CCCC2. The second kappa shape index (κ2) is 5.30. The summed E-state index contributed by atoms with van der Waals surface area (Å²) in [6.45, 7) is 6.08. The van der Waals surface area contributed by atoms with Crippen LogP contribution in [0.5, 0.6) is 0 Å². The van der Waals surface area contributed by atoms with Crippen molar-refractivity contribution in [2.45, 2.75) is 46.5 Å². The van der Waals surface area contributed by atoms with Crippen LogP contribution in [0.1, 0.15) is 53.2 Å². The Morgan fingerprint density at radius 2 is 1.86 bits per heavy atom. The number of carbonyl (C=O) groups is 1. The summed E-state index contributed by atoms with van der Waals surface area (Å²) in [5.41, 5.74) is 1.29. The van der Waals surface area contributed by atoms with Gasteiger partial charge in [-0.15, -0.1) is 11.3 Å². The minimum absolute atomic E-state index is 0.362. The number of hydrogen-bond donors (Lipinski definition) is 0. The predicted octanol–water partition coefficient (Wildman–Crippen LogP) is 3.99. The zero-order valence-electron chi connectivity index (χ0n) is 9.22. The van der Waals surface area contributed by atoms with Gasteiger partial charge in [0.2, 0.25) is 0 Å². The van der Waals surface area contributed by atoms with Crippen LogP contribution in [0.2, 0.25) is 0 Å². The van der Waals surface area contributed by atoms with Gasteiger partial charge in [0.25, 0.3) is 0 Å². The summed E-state index contributed by atoms with van der Waals surface area (Å²) in [7, 11) is 0. The summed E-state index contributed by atoms with van der Waals surface area (Å²) in [5, 5.41) is 0. The fourth-order valence-electron chi connectivity index (χ4n) is 1.70. The molecule has 1 nitrogen and oxygen atoms in total. The van der Waals surface area contributed by atoms with E-state index in [-0.39, 0.29) is 0 Å². The zero-order chi connectivity index (χ0) is 10.6. The monoisotopic (exact) mass is 210 g/mol. The van der Waals surface area contributed by atoms with E-state index in [1.54, 1.807) is 11.3 Å². The zero-order valence-corrected chi connectivity index (χ0v) is 10.0. The third-order valence-corrected chi connectivity index (χ3v) is 3.42. The van der Waals surface area contributed by atoms with E-state index >= 15 is 0 Å². The molecule has 0 saturated carbocycles. The Balaban J connectivity index is 0.000000461. The average molecular weight is 210 g/mol. The van der Waals surface area contributed by atoms with Gasteiger partial charge in [0, 0.05) is 11.3 Å². The minimum Gasteiger partial charge on any atom is -0.293 e. The highest BCUT2D eigenvalue weighted by molar-refractivity contribution is 7.14. The Hall–Kier alpha value is -0.630. The third-order valence-electron chi connectivity index (χ3n) is 2.29. The van der Waals surface area contributed by atoms with Crippen molar-refractivity contribution in [1.29, 1.82) is 0 Å². The normalized spacial score (nSPS) is 15.2. The second-order valence-corrected chi connectivity index (χ2v) is 4.60. The van der Waals surface area contributed by atoms with Crippen LogP contribution in [0, 0.1) is 6.92 Å². The van der Waals surface area contributed by atoms with Gasteiger partial charge in [-0.3, -0.25) is 4.79 Å². The lowest BCUT2D eigenvalue weighted by Crippen LogP contribution is -1.94. The lowest BCUT2D eigenvalue weighted by atomic mass is 10.1. The Morgan fingerprint density at radius 3 is 2.57 bits per heavy atom. The molecule has 0 aliphatic heterocycles. The molecule has 1 heterocycles. The molecule has 0 bridgehead atoms. The molecule has 2 rings (SSSR count). The molecule has 0 radical (unpaired) electrons. The Labute approximate surface area is 90.2 Å². The number of rotatable bonds is 0. The third kappa shape index (κ3) is 2.44. The fraction of sp³-hybridized carbons (Fsp3) is 0.583. The van der Waals surface area contributed by atoms with Crippen LogP contribution in [-0.2, 0) is 6.42 Å². The van der Waals surface area contributed by atoms with Gasteiger partial charge in [-0.25, -0.2) is 0 Å².